The molecule has 1 rings (SSSR count). The standard InChI is InChI=1S/C8H8O2S2/c1-5(2)8(9)10-6-3-7(11)12-4-6/h3-4,11H,1H2,2H3. The number of ether oxygens (including phenoxy) is 1. The van der Waals surface area contributed by atoms with E-state index in [1.807, 2.05) is 0 Å². The third-order valence-corrected chi connectivity index (χ3v) is 2.28. The Morgan fingerprint density at radius 3 is 2.83 bits per heavy atom. The van der Waals surface area contributed by atoms with Crippen LogP contribution in [0.1, 0.15) is 6.92 Å². The lowest BCUT2D eigenvalue weighted by atomic mass is 10.4. The molecule has 0 unspecified atom stereocenters. The van der Waals surface area contributed by atoms with Crippen molar-refractivity contribution in [2.75, 3.05) is 0 Å². The van der Waals surface area contributed by atoms with Gasteiger partial charge in [0, 0.05) is 17.0 Å². The molecule has 0 radical (unpaired) electrons. The fraction of sp³-hybridized carbons (Fsp3) is 0.125. The number of esters is 1. The molecule has 12 heavy (non-hydrogen) atoms. The Balaban J connectivity index is 2.64. The molecule has 1 heterocycles. The molecule has 4 heteroatoms. The normalized spacial score (nSPS) is 9.50. The van der Waals surface area contributed by atoms with Gasteiger partial charge in [-0.05, 0) is 6.92 Å². The molecule has 0 aliphatic heterocycles. The lowest BCUT2D eigenvalue weighted by Gasteiger charge is -1.98. The summed E-state index contributed by atoms with van der Waals surface area (Å²) in [7, 11) is 0. The Morgan fingerprint density at radius 2 is 2.42 bits per heavy atom. The van der Waals surface area contributed by atoms with Gasteiger partial charge in [0.15, 0.2) is 0 Å². The quantitative estimate of drug-likeness (QED) is 0.451. The predicted octanol–water partition coefficient (Wildman–Crippen LogP) is 2.52. The molecule has 1 aromatic rings. The number of hydrogen-bond donors (Lipinski definition) is 1. The average Bonchev–Trinajstić information content (AvgIpc) is 2.35. The van der Waals surface area contributed by atoms with Gasteiger partial charge in [0.2, 0.25) is 0 Å². The number of carbonyl (C=O) groups excluding carboxylic acids is 1. The molecule has 2 nitrogen and oxygen atoms in total. The van der Waals surface area contributed by atoms with E-state index >= 15 is 0 Å². The smallest absolute Gasteiger partial charge is 0.338 e. The van der Waals surface area contributed by atoms with E-state index in [2.05, 4.69) is 19.2 Å². The van der Waals surface area contributed by atoms with Crippen molar-refractivity contribution in [2.45, 2.75) is 11.1 Å². The van der Waals surface area contributed by atoms with E-state index < -0.39 is 5.97 Å². The highest BCUT2D eigenvalue weighted by Crippen LogP contribution is 2.24. The van der Waals surface area contributed by atoms with Crippen molar-refractivity contribution in [2.24, 2.45) is 0 Å². The van der Waals surface area contributed by atoms with Gasteiger partial charge in [-0.25, -0.2) is 4.79 Å². The average molecular weight is 200 g/mol. The van der Waals surface area contributed by atoms with Crippen LogP contribution in [-0.4, -0.2) is 5.97 Å². The van der Waals surface area contributed by atoms with Gasteiger partial charge >= 0.3 is 5.97 Å². The molecule has 0 aromatic carbocycles. The van der Waals surface area contributed by atoms with E-state index in [0.717, 1.165) is 4.21 Å². The van der Waals surface area contributed by atoms with E-state index in [4.69, 9.17) is 4.74 Å². The summed E-state index contributed by atoms with van der Waals surface area (Å²) in [4.78, 5) is 11.0. The Morgan fingerprint density at radius 1 is 1.75 bits per heavy atom. The molecule has 0 saturated heterocycles. The maximum atomic E-state index is 11.0. The van der Waals surface area contributed by atoms with Crippen LogP contribution in [0, 0.1) is 0 Å². The second kappa shape index (κ2) is 3.78. The Bertz CT molecular complexity index is 315. The zero-order chi connectivity index (χ0) is 9.14. The molecular formula is C8H8O2S2. The third-order valence-electron chi connectivity index (χ3n) is 1.12. The van der Waals surface area contributed by atoms with Crippen LogP contribution in [0.4, 0.5) is 0 Å². The zero-order valence-corrected chi connectivity index (χ0v) is 8.24. The van der Waals surface area contributed by atoms with Crippen molar-refractivity contribution in [3.63, 3.8) is 0 Å². The highest BCUT2D eigenvalue weighted by molar-refractivity contribution is 7.82. The predicted molar refractivity (Wildman–Crippen MR) is 52.0 cm³/mol. The van der Waals surface area contributed by atoms with Crippen LogP contribution in [0.3, 0.4) is 0 Å². The maximum Gasteiger partial charge on any atom is 0.338 e. The maximum absolute atomic E-state index is 11.0. The van der Waals surface area contributed by atoms with Crippen LogP contribution in [0.25, 0.3) is 0 Å². The summed E-state index contributed by atoms with van der Waals surface area (Å²) in [6.45, 7) is 5.08. The minimum atomic E-state index is -0.402. The molecular weight excluding hydrogens is 192 g/mol. The molecule has 0 fully saturated rings. The van der Waals surface area contributed by atoms with Crippen molar-refractivity contribution < 1.29 is 9.53 Å². The van der Waals surface area contributed by atoms with Crippen LogP contribution >= 0.6 is 24.0 Å². The zero-order valence-electron chi connectivity index (χ0n) is 6.53. The molecule has 0 aliphatic carbocycles. The number of carbonyl (C=O) groups is 1. The number of rotatable bonds is 2. The molecule has 0 aliphatic rings. The molecule has 0 saturated carbocycles. The molecule has 0 bridgehead atoms. The van der Waals surface area contributed by atoms with Gasteiger partial charge in [-0.15, -0.1) is 24.0 Å². The van der Waals surface area contributed by atoms with Gasteiger partial charge < -0.3 is 4.74 Å². The van der Waals surface area contributed by atoms with E-state index in [1.54, 1.807) is 18.4 Å². The first-order valence-corrected chi connectivity index (χ1v) is 4.57. The van der Waals surface area contributed by atoms with Gasteiger partial charge in [0.25, 0.3) is 0 Å². The van der Waals surface area contributed by atoms with E-state index in [-0.39, 0.29) is 0 Å². The topological polar surface area (TPSA) is 26.3 Å². The van der Waals surface area contributed by atoms with Crippen LogP contribution in [0.5, 0.6) is 5.75 Å². The minimum Gasteiger partial charge on any atom is -0.422 e. The number of thiophene rings is 1. The second-order valence-corrected chi connectivity index (χ2v) is 3.99. The largest absolute Gasteiger partial charge is 0.422 e. The molecule has 1 aromatic heterocycles. The van der Waals surface area contributed by atoms with Crippen LogP contribution in [0.2, 0.25) is 0 Å². The molecule has 64 valence electrons. The second-order valence-electron chi connectivity index (χ2n) is 2.29. The SMILES string of the molecule is C=C(C)C(=O)Oc1csc(S)c1. The van der Waals surface area contributed by atoms with Gasteiger partial charge in [-0.1, -0.05) is 6.58 Å². The van der Waals surface area contributed by atoms with E-state index in [9.17, 15) is 4.79 Å². The van der Waals surface area contributed by atoms with E-state index in [1.165, 1.54) is 11.3 Å². The lowest BCUT2D eigenvalue weighted by Crippen LogP contribution is -2.07. The fourth-order valence-electron chi connectivity index (χ4n) is 0.556. The molecule has 0 amide bonds. The van der Waals surface area contributed by atoms with Gasteiger partial charge in [-0.3, -0.25) is 0 Å². The van der Waals surface area contributed by atoms with Crippen molar-refractivity contribution in [3.8, 4) is 5.75 Å². The number of thiol groups is 1. The molecule has 0 atom stereocenters. The van der Waals surface area contributed by atoms with Gasteiger partial charge in [-0.2, -0.15) is 0 Å². The summed E-state index contributed by atoms with van der Waals surface area (Å²) in [5, 5.41) is 1.73. The summed E-state index contributed by atoms with van der Waals surface area (Å²) in [5.74, 6) is 0.124. The lowest BCUT2D eigenvalue weighted by molar-refractivity contribution is -0.130. The summed E-state index contributed by atoms with van der Waals surface area (Å²) in [5.41, 5.74) is 0.391. The third kappa shape index (κ3) is 2.39. The first-order chi connectivity index (χ1) is 5.59. The minimum absolute atomic E-state index is 0.391. The van der Waals surface area contributed by atoms with Crippen LogP contribution in [-0.2, 0) is 4.79 Å². The van der Waals surface area contributed by atoms with Crippen LogP contribution < -0.4 is 4.74 Å². The molecule has 0 N–H and O–H groups in total. The summed E-state index contributed by atoms with van der Waals surface area (Å²) in [6, 6.07) is 1.69. The first-order valence-electron chi connectivity index (χ1n) is 3.25. The van der Waals surface area contributed by atoms with Crippen molar-refractivity contribution in [3.05, 3.63) is 23.6 Å². The van der Waals surface area contributed by atoms with Crippen molar-refractivity contribution in [1.29, 1.82) is 0 Å². The van der Waals surface area contributed by atoms with E-state index in [0.29, 0.717) is 11.3 Å². The first kappa shape index (κ1) is 9.35. The van der Waals surface area contributed by atoms with Crippen LogP contribution in [0.15, 0.2) is 27.8 Å². The monoisotopic (exact) mass is 200 g/mol. The van der Waals surface area contributed by atoms with Crippen molar-refractivity contribution >= 4 is 29.9 Å². The summed E-state index contributed by atoms with van der Waals surface area (Å²) in [6.07, 6.45) is 0. The number of hydrogen-bond acceptors (Lipinski definition) is 4. The Hall–Kier alpha value is -0.740. The highest BCUT2D eigenvalue weighted by atomic mass is 32.2. The Labute approximate surface area is 80.3 Å². The Kier molecular flexibility index (Phi) is 2.94. The molecule has 0 spiro atoms. The highest BCUT2D eigenvalue weighted by Gasteiger charge is 2.05. The summed E-state index contributed by atoms with van der Waals surface area (Å²) >= 11 is 5.50. The van der Waals surface area contributed by atoms with Gasteiger partial charge in [0.1, 0.15) is 5.75 Å². The van der Waals surface area contributed by atoms with Crippen molar-refractivity contribution in [1.82, 2.24) is 0 Å². The van der Waals surface area contributed by atoms with Gasteiger partial charge in [0.05, 0.1) is 4.21 Å². The fourth-order valence-corrected chi connectivity index (χ4v) is 1.38. The summed E-state index contributed by atoms with van der Waals surface area (Å²) < 4.78 is 5.74.